The minimum atomic E-state index is -4.23. The van der Waals surface area contributed by atoms with E-state index in [-0.39, 0.29) is 96.1 Å². The van der Waals surface area contributed by atoms with Gasteiger partial charge in [-0.3, -0.25) is 0 Å². The van der Waals surface area contributed by atoms with Gasteiger partial charge in [0.25, 0.3) is 0 Å². The fourth-order valence-electron chi connectivity index (χ4n) is 6.85. The van der Waals surface area contributed by atoms with Gasteiger partial charge in [0.05, 0.1) is 51.9 Å². The van der Waals surface area contributed by atoms with Gasteiger partial charge >= 0.3 is 0 Å². The molecule has 4 heterocycles. The normalized spacial score (nSPS) is 29.9. The minimum absolute atomic E-state index is 0.0199. The van der Waals surface area contributed by atoms with E-state index in [0.29, 0.717) is 16.3 Å². The number of fused-ring (bicyclic) bond motifs is 3. The first-order chi connectivity index (χ1) is 21.5. The third-order valence-corrected chi connectivity index (χ3v) is 14.2. The van der Waals surface area contributed by atoms with Crippen LogP contribution in [0, 0.1) is 0 Å². The predicted molar refractivity (Wildman–Crippen MR) is 172 cm³/mol. The van der Waals surface area contributed by atoms with Crippen molar-refractivity contribution in [1.82, 2.24) is 17.9 Å². The van der Waals surface area contributed by atoms with Crippen LogP contribution in [-0.4, -0.2) is 119 Å². The summed E-state index contributed by atoms with van der Waals surface area (Å²) in [6.45, 7) is 11.6. The Bertz CT molecular complexity index is 1950. The summed E-state index contributed by atoms with van der Waals surface area (Å²) in [4.78, 5) is 2.79. The Labute approximate surface area is 270 Å². The maximum atomic E-state index is 14.3. The molecule has 3 aliphatic rings. The number of aromatic amines is 1. The zero-order valence-electron chi connectivity index (χ0n) is 26.8. The fourth-order valence-corrected chi connectivity index (χ4v) is 12.0. The highest BCUT2D eigenvalue weighted by atomic mass is 32.2. The maximum Gasteiger partial charge on any atom is 0.245 e. The number of rotatable bonds is 6. The van der Waals surface area contributed by atoms with E-state index in [1.165, 1.54) is 37.2 Å². The Morgan fingerprint density at radius 3 is 1.39 bits per heavy atom. The monoisotopic (exact) mass is 698 g/mol. The van der Waals surface area contributed by atoms with Crippen molar-refractivity contribution in [1.29, 1.82) is 0 Å². The van der Waals surface area contributed by atoms with E-state index in [9.17, 15) is 25.3 Å². The highest BCUT2D eigenvalue weighted by Gasteiger charge is 2.38. The highest BCUT2D eigenvalue weighted by Crippen LogP contribution is 2.37. The fraction of sp³-hybridized carbons (Fsp3) is 0.600. The van der Waals surface area contributed by atoms with Gasteiger partial charge in [-0.1, -0.05) is 0 Å². The molecule has 13 nitrogen and oxygen atoms in total. The first-order valence-corrected chi connectivity index (χ1v) is 19.8. The molecular weight excluding hydrogens is 657 g/mol. The summed E-state index contributed by atoms with van der Waals surface area (Å²) in [5, 5.41) is 0.686. The Balaban J connectivity index is 1.55. The molecule has 0 aliphatic carbocycles. The number of nitrogens with one attached hydrogen (secondary N) is 1. The van der Waals surface area contributed by atoms with Gasteiger partial charge in [-0.05, 0) is 71.9 Å². The number of H-pyrrole nitrogens is 1. The molecule has 1 N–H and O–H groups in total. The number of ether oxygens (including phenoxy) is 3. The van der Waals surface area contributed by atoms with Crippen LogP contribution in [0.25, 0.3) is 21.8 Å². The number of morpholine rings is 3. The van der Waals surface area contributed by atoms with Gasteiger partial charge in [-0.25, -0.2) is 25.3 Å². The molecule has 16 heteroatoms. The van der Waals surface area contributed by atoms with Crippen molar-refractivity contribution in [2.75, 3.05) is 39.3 Å². The van der Waals surface area contributed by atoms with E-state index in [1.807, 2.05) is 13.8 Å². The highest BCUT2D eigenvalue weighted by molar-refractivity contribution is 7.90. The SMILES string of the molecule is C[C@@H]1CN(S(=O)(=O)c2ccc3[nH]c4c(S(=O)(=O)N5C[C@@H](C)O[C@@H](C)C5)cc(S(=O)(=O)N5C[C@H](C)O[C@@H](C)C5)cc4c3c2)C[C@H](C)O1. The molecule has 2 aromatic carbocycles. The van der Waals surface area contributed by atoms with Crippen LogP contribution in [0.1, 0.15) is 41.5 Å². The van der Waals surface area contributed by atoms with Crippen LogP contribution in [0.15, 0.2) is 45.0 Å². The standard InChI is InChI=1S/C30H42N4O9S3/c1-18-12-32(13-19(2)41-18)44(35,36)24-7-8-28-26(9-24)27-10-25(45(37,38)33-14-20(3)42-21(4)15-33)11-29(30(27)31-28)46(39,40)34-16-22(5)43-23(6)17-34/h7-11,18-23,31H,12-17H2,1-6H3/t18-,19+,20-,21-,22-,23+/m0/s1. The Kier molecular flexibility index (Phi) is 8.85. The summed E-state index contributed by atoms with van der Waals surface area (Å²) < 4.78 is 106. The molecule has 3 fully saturated rings. The summed E-state index contributed by atoms with van der Waals surface area (Å²) in [5.41, 5.74) is 0.675. The number of sulfonamides is 3. The summed E-state index contributed by atoms with van der Waals surface area (Å²) in [7, 11) is -12.4. The quantitative estimate of drug-likeness (QED) is 0.409. The molecular formula is C30H42N4O9S3. The van der Waals surface area contributed by atoms with Gasteiger partial charge in [0.1, 0.15) is 4.90 Å². The predicted octanol–water partition coefficient (Wildman–Crippen LogP) is 2.71. The van der Waals surface area contributed by atoms with E-state index in [1.54, 1.807) is 33.8 Å². The summed E-state index contributed by atoms with van der Waals surface area (Å²) >= 11 is 0. The van der Waals surface area contributed by atoms with Crippen molar-refractivity contribution in [3.05, 3.63) is 30.3 Å². The third kappa shape index (κ3) is 6.12. The Morgan fingerprint density at radius 2 is 0.935 bits per heavy atom. The zero-order valence-corrected chi connectivity index (χ0v) is 29.3. The molecule has 3 aliphatic heterocycles. The van der Waals surface area contributed by atoms with Gasteiger partial charge in [0.15, 0.2) is 0 Å². The largest absolute Gasteiger partial charge is 0.373 e. The van der Waals surface area contributed by atoms with Gasteiger partial charge in [0, 0.05) is 55.6 Å². The number of hydrogen-bond acceptors (Lipinski definition) is 9. The Hall–Kier alpha value is -2.15. The van der Waals surface area contributed by atoms with Crippen LogP contribution in [-0.2, 0) is 44.3 Å². The maximum absolute atomic E-state index is 14.3. The molecule has 0 unspecified atom stereocenters. The average Bonchev–Trinajstić information content (AvgIpc) is 3.33. The lowest BCUT2D eigenvalue weighted by atomic mass is 10.1. The molecule has 6 rings (SSSR count). The summed E-state index contributed by atoms with van der Waals surface area (Å²) in [5.74, 6) is 0. The Morgan fingerprint density at radius 1 is 0.543 bits per heavy atom. The summed E-state index contributed by atoms with van der Waals surface area (Å²) in [6, 6.07) is 7.20. The van der Waals surface area contributed by atoms with Crippen LogP contribution < -0.4 is 0 Å². The molecule has 254 valence electrons. The molecule has 3 saturated heterocycles. The molecule has 0 bridgehead atoms. The first kappa shape index (κ1) is 33.7. The van der Waals surface area contributed by atoms with E-state index in [2.05, 4.69) is 4.98 Å². The zero-order chi connectivity index (χ0) is 33.3. The van der Waals surface area contributed by atoms with Crippen molar-refractivity contribution < 1.29 is 39.5 Å². The smallest absolute Gasteiger partial charge is 0.245 e. The van der Waals surface area contributed by atoms with Crippen molar-refractivity contribution in [2.24, 2.45) is 0 Å². The number of nitrogens with zero attached hydrogens (tertiary/aromatic N) is 3. The first-order valence-electron chi connectivity index (χ1n) is 15.5. The van der Waals surface area contributed by atoms with Gasteiger partial charge in [0.2, 0.25) is 30.1 Å². The van der Waals surface area contributed by atoms with Crippen molar-refractivity contribution in [3.63, 3.8) is 0 Å². The molecule has 0 saturated carbocycles. The van der Waals surface area contributed by atoms with Crippen LogP contribution >= 0.6 is 0 Å². The number of aromatic nitrogens is 1. The molecule has 0 spiro atoms. The lowest BCUT2D eigenvalue weighted by Gasteiger charge is -2.35. The second kappa shape index (κ2) is 12.1. The van der Waals surface area contributed by atoms with Crippen LogP contribution in [0.3, 0.4) is 0 Å². The van der Waals surface area contributed by atoms with Crippen molar-refractivity contribution in [2.45, 2.75) is 92.9 Å². The minimum Gasteiger partial charge on any atom is -0.373 e. The third-order valence-electron chi connectivity index (χ3n) is 8.67. The lowest BCUT2D eigenvalue weighted by Crippen LogP contribution is -2.48. The molecule has 46 heavy (non-hydrogen) atoms. The molecule has 6 atom stereocenters. The van der Waals surface area contributed by atoms with Gasteiger partial charge in [-0.2, -0.15) is 12.9 Å². The topological polar surface area (TPSA) is 156 Å². The number of hydrogen-bond donors (Lipinski definition) is 1. The van der Waals surface area contributed by atoms with Crippen LogP contribution in [0.5, 0.6) is 0 Å². The lowest BCUT2D eigenvalue weighted by molar-refractivity contribution is -0.0442. The second-order valence-corrected chi connectivity index (χ2v) is 18.7. The van der Waals surface area contributed by atoms with E-state index in [0.717, 1.165) is 0 Å². The van der Waals surface area contributed by atoms with Crippen molar-refractivity contribution in [3.8, 4) is 0 Å². The van der Waals surface area contributed by atoms with Crippen LogP contribution in [0.4, 0.5) is 0 Å². The van der Waals surface area contributed by atoms with E-state index < -0.39 is 30.1 Å². The van der Waals surface area contributed by atoms with E-state index in [4.69, 9.17) is 14.2 Å². The number of benzene rings is 2. The molecule has 0 amide bonds. The van der Waals surface area contributed by atoms with Gasteiger partial charge in [-0.15, -0.1) is 0 Å². The summed E-state index contributed by atoms with van der Waals surface area (Å²) in [6.07, 6.45) is -2.00. The van der Waals surface area contributed by atoms with E-state index >= 15 is 0 Å². The van der Waals surface area contributed by atoms with Gasteiger partial charge < -0.3 is 19.2 Å². The molecule has 1 aromatic heterocycles. The molecule has 0 radical (unpaired) electrons. The average molecular weight is 699 g/mol. The second-order valence-electron chi connectivity index (χ2n) is 12.9. The molecule has 3 aromatic rings. The van der Waals surface area contributed by atoms with Crippen LogP contribution in [0.2, 0.25) is 0 Å². The van der Waals surface area contributed by atoms with Crippen molar-refractivity contribution >= 4 is 51.9 Å².